The van der Waals surface area contributed by atoms with Gasteiger partial charge in [0.15, 0.2) is 0 Å². The zero-order valence-electron chi connectivity index (χ0n) is 11.3. The average molecular weight is 299 g/mol. The van der Waals surface area contributed by atoms with Crippen LogP contribution in [0.15, 0.2) is 10.6 Å². The summed E-state index contributed by atoms with van der Waals surface area (Å²) in [5, 5.41) is 11.6. The number of carbonyl (C=O) groups excluding carboxylic acids is 1. The molecule has 0 saturated carbocycles. The number of carboxylic acid groups (broad SMARTS) is 1. The Morgan fingerprint density at radius 3 is 3.00 bits per heavy atom. The van der Waals surface area contributed by atoms with Gasteiger partial charge >= 0.3 is 12.0 Å². The Kier molecular flexibility index (Phi) is 4.53. The third-order valence-corrected chi connectivity index (χ3v) is 4.30. The van der Waals surface area contributed by atoms with Crippen molar-refractivity contribution in [3.05, 3.63) is 17.8 Å². The van der Waals surface area contributed by atoms with Gasteiger partial charge in [0.25, 0.3) is 0 Å². The molecule has 20 heavy (non-hydrogen) atoms. The van der Waals surface area contributed by atoms with Crippen LogP contribution in [0.4, 0.5) is 4.79 Å². The number of carboxylic acids is 1. The van der Waals surface area contributed by atoms with Gasteiger partial charge in [0.2, 0.25) is 5.89 Å². The highest BCUT2D eigenvalue weighted by molar-refractivity contribution is 8.00. The molecule has 0 bridgehead atoms. The molecule has 0 aliphatic carbocycles. The monoisotopic (exact) mass is 299 g/mol. The molecule has 1 fully saturated rings. The van der Waals surface area contributed by atoms with Crippen molar-refractivity contribution in [1.82, 2.24) is 15.2 Å². The molecule has 1 aromatic heterocycles. The molecule has 1 aliphatic heterocycles. The van der Waals surface area contributed by atoms with Gasteiger partial charge in [-0.25, -0.2) is 14.6 Å². The molecule has 110 valence electrons. The number of aliphatic carboxylic acids is 1. The molecule has 0 spiro atoms. The Hall–Kier alpha value is -1.70. The second-order valence-electron chi connectivity index (χ2n) is 4.43. The van der Waals surface area contributed by atoms with Crippen molar-refractivity contribution in [2.45, 2.75) is 38.2 Å². The lowest BCUT2D eigenvalue weighted by Crippen LogP contribution is -2.49. The third kappa shape index (κ3) is 3.06. The lowest BCUT2D eigenvalue weighted by Gasteiger charge is -2.24. The molecule has 2 N–H and O–H groups in total. The summed E-state index contributed by atoms with van der Waals surface area (Å²) in [6.07, 6.45) is 2.36. The van der Waals surface area contributed by atoms with E-state index in [4.69, 9.17) is 9.52 Å². The van der Waals surface area contributed by atoms with E-state index in [0.717, 1.165) is 12.2 Å². The van der Waals surface area contributed by atoms with Crippen molar-refractivity contribution in [2.75, 3.05) is 5.75 Å². The molecule has 2 heterocycles. The third-order valence-electron chi connectivity index (χ3n) is 3.08. The van der Waals surface area contributed by atoms with Crippen molar-refractivity contribution < 1.29 is 19.1 Å². The highest BCUT2D eigenvalue weighted by atomic mass is 32.2. The molecule has 8 heteroatoms. The van der Waals surface area contributed by atoms with Gasteiger partial charge < -0.3 is 14.8 Å². The molecule has 0 aromatic carbocycles. The highest BCUT2D eigenvalue weighted by Crippen LogP contribution is 2.28. The molecule has 0 radical (unpaired) electrons. The number of hydrogen-bond donors (Lipinski definition) is 2. The molecular weight excluding hydrogens is 282 g/mol. The SMILES string of the molecule is CCc1cnc(CNC(=O)N2C(C)SCC2C(=O)O)o1. The lowest BCUT2D eigenvalue weighted by molar-refractivity contribution is -0.141. The quantitative estimate of drug-likeness (QED) is 0.870. The van der Waals surface area contributed by atoms with Crippen molar-refractivity contribution >= 4 is 23.8 Å². The van der Waals surface area contributed by atoms with Crippen molar-refractivity contribution in [3.63, 3.8) is 0 Å². The van der Waals surface area contributed by atoms with E-state index in [1.807, 2.05) is 13.8 Å². The minimum atomic E-state index is -0.985. The van der Waals surface area contributed by atoms with Gasteiger partial charge in [0.1, 0.15) is 11.8 Å². The van der Waals surface area contributed by atoms with Crippen LogP contribution >= 0.6 is 11.8 Å². The van der Waals surface area contributed by atoms with Gasteiger partial charge in [0, 0.05) is 12.2 Å². The number of nitrogens with zero attached hydrogens (tertiary/aromatic N) is 2. The summed E-state index contributed by atoms with van der Waals surface area (Å²) in [4.78, 5) is 28.6. The van der Waals surface area contributed by atoms with E-state index in [1.165, 1.54) is 16.7 Å². The Balaban J connectivity index is 1.95. The van der Waals surface area contributed by atoms with E-state index < -0.39 is 18.0 Å². The molecule has 2 atom stereocenters. The zero-order valence-corrected chi connectivity index (χ0v) is 12.1. The average Bonchev–Trinajstić information content (AvgIpc) is 3.02. The summed E-state index contributed by atoms with van der Waals surface area (Å²) in [6.45, 7) is 3.91. The first-order valence-corrected chi connectivity index (χ1v) is 7.42. The number of amides is 2. The molecular formula is C12H17N3O4S. The van der Waals surface area contributed by atoms with Gasteiger partial charge in [-0.05, 0) is 6.92 Å². The Morgan fingerprint density at radius 2 is 2.40 bits per heavy atom. The number of nitrogens with one attached hydrogen (secondary N) is 1. The van der Waals surface area contributed by atoms with Crippen molar-refractivity contribution in [1.29, 1.82) is 0 Å². The van der Waals surface area contributed by atoms with Crippen molar-refractivity contribution in [3.8, 4) is 0 Å². The summed E-state index contributed by atoms with van der Waals surface area (Å²) < 4.78 is 5.38. The van der Waals surface area contributed by atoms with Gasteiger partial charge in [-0.2, -0.15) is 0 Å². The van der Waals surface area contributed by atoms with E-state index in [9.17, 15) is 9.59 Å². The van der Waals surface area contributed by atoms with Gasteiger partial charge in [0.05, 0.1) is 18.1 Å². The number of oxazole rings is 1. The predicted molar refractivity (Wildman–Crippen MR) is 73.3 cm³/mol. The summed E-state index contributed by atoms with van der Waals surface area (Å²) >= 11 is 1.44. The lowest BCUT2D eigenvalue weighted by atomic mass is 10.3. The Labute approximate surface area is 120 Å². The maximum Gasteiger partial charge on any atom is 0.327 e. The number of thioether (sulfide) groups is 1. The van der Waals surface area contributed by atoms with Crippen LogP contribution in [0.5, 0.6) is 0 Å². The fraction of sp³-hybridized carbons (Fsp3) is 0.583. The predicted octanol–water partition coefficient (Wildman–Crippen LogP) is 1.29. The first-order valence-electron chi connectivity index (χ1n) is 6.37. The fourth-order valence-corrected chi connectivity index (χ4v) is 3.14. The van der Waals surface area contributed by atoms with Crippen LogP contribution in [-0.2, 0) is 17.8 Å². The highest BCUT2D eigenvalue weighted by Gasteiger charge is 2.39. The van der Waals surface area contributed by atoms with Crippen LogP contribution in [0.25, 0.3) is 0 Å². The van der Waals surface area contributed by atoms with E-state index in [2.05, 4.69) is 10.3 Å². The number of aromatic nitrogens is 1. The first-order chi connectivity index (χ1) is 9.52. The maximum atomic E-state index is 12.1. The number of rotatable bonds is 4. The van der Waals surface area contributed by atoms with E-state index in [0.29, 0.717) is 11.6 Å². The van der Waals surface area contributed by atoms with E-state index in [-0.39, 0.29) is 11.9 Å². The van der Waals surface area contributed by atoms with Crippen LogP contribution in [0.2, 0.25) is 0 Å². The van der Waals surface area contributed by atoms with Crippen LogP contribution in [0.3, 0.4) is 0 Å². The summed E-state index contributed by atoms with van der Waals surface area (Å²) in [6, 6.07) is -1.20. The second-order valence-corrected chi connectivity index (χ2v) is 5.78. The summed E-state index contributed by atoms with van der Waals surface area (Å²) in [7, 11) is 0. The van der Waals surface area contributed by atoms with Gasteiger partial charge in [-0.3, -0.25) is 4.90 Å². The number of hydrogen-bond acceptors (Lipinski definition) is 5. The Morgan fingerprint density at radius 1 is 1.65 bits per heavy atom. The van der Waals surface area contributed by atoms with Gasteiger partial charge in [-0.15, -0.1) is 11.8 Å². The maximum absolute atomic E-state index is 12.1. The molecule has 1 saturated heterocycles. The molecule has 7 nitrogen and oxygen atoms in total. The number of aryl methyl sites for hydroxylation is 1. The molecule has 2 amide bonds. The fourth-order valence-electron chi connectivity index (χ4n) is 1.98. The number of urea groups is 1. The van der Waals surface area contributed by atoms with Crippen LogP contribution < -0.4 is 5.32 Å². The normalized spacial score (nSPS) is 22.0. The molecule has 2 rings (SSSR count). The van der Waals surface area contributed by atoms with Crippen LogP contribution in [-0.4, -0.2) is 44.2 Å². The van der Waals surface area contributed by atoms with Crippen LogP contribution in [0.1, 0.15) is 25.5 Å². The van der Waals surface area contributed by atoms with E-state index in [1.54, 1.807) is 6.20 Å². The van der Waals surface area contributed by atoms with Crippen LogP contribution in [0, 0.1) is 0 Å². The smallest absolute Gasteiger partial charge is 0.327 e. The minimum absolute atomic E-state index is 0.152. The van der Waals surface area contributed by atoms with Gasteiger partial charge in [-0.1, -0.05) is 6.92 Å². The van der Waals surface area contributed by atoms with E-state index >= 15 is 0 Å². The standard InChI is InChI=1S/C12H17N3O4S/c1-3-8-4-13-10(19-8)5-14-12(18)15-7(2)20-6-9(15)11(16)17/h4,7,9H,3,5-6H2,1-2H3,(H,14,18)(H,16,17). The van der Waals surface area contributed by atoms with Crippen molar-refractivity contribution in [2.24, 2.45) is 0 Å². The summed E-state index contributed by atoms with van der Waals surface area (Å²) in [5.74, 6) is 0.592. The topological polar surface area (TPSA) is 95.7 Å². The number of carbonyl (C=O) groups is 2. The summed E-state index contributed by atoms with van der Waals surface area (Å²) in [5.41, 5.74) is 0. The largest absolute Gasteiger partial charge is 0.480 e. The first kappa shape index (κ1) is 14.7. The molecule has 2 unspecified atom stereocenters. The zero-order chi connectivity index (χ0) is 14.7. The molecule has 1 aromatic rings. The molecule has 1 aliphatic rings. The Bertz CT molecular complexity index is 505. The minimum Gasteiger partial charge on any atom is -0.480 e. The second kappa shape index (κ2) is 6.17.